The van der Waals surface area contributed by atoms with Crippen LogP contribution < -0.4 is 15.4 Å². The highest BCUT2D eigenvalue weighted by molar-refractivity contribution is 6.33. The molecule has 1 rings (SSSR count). The Morgan fingerprint density at radius 3 is 2.89 bits per heavy atom. The first-order chi connectivity index (χ1) is 9.06. The van der Waals surface area contributed by atoms with E-state index in [1.807, 2.05) is 6.92 Å². The normalized spacial score (nSPS) is 11.8. The van der Waals surface area contributed by atoms with Gasteiger partial charge in [0.1, 0.15) is 5.75 Å². The lowest BCUT2D eigenvalue weighted by molar-refractivity contribution is 0.162. The predicted octanol–water partition coefficient (Wildman–Crippen LogP) is 2.63. The van der Waals surface area contributed by atoms with Crippen LogP contribution in [0.25, 0.3) is 0 Å². The van der Waals surface area contributed by atoms with Crippen molar-refractivity contribution in [3.05, 3.63) is 23.2 Å². The van der Waals surface area contributed by atoms with Crippen LogP contribution in [0.5, 0.6) is 5.75 Å². The smallest absolute Gasteiger partial charge is 0.319 e. The Hall–Kier alpha value is -1.46. The lowest BCUT2D eigenvalue weighted by atomic mass is 10.2. The molecule has 1 aromatic rings. The zero-order valence-electron chi connectivity index (χ0n) is 11.1. The molecule has 1 unspecified atom stereocenters. The number of methoxy groups -OCH3 is 1. The van der Waals surface area contributed by atoms with Crippen molar-refractivity contribution in [1.82, 2.24) is 5.32 Å². The maximum atomic E-state index is 11.6. The number of benzene rings is 1. The van der Waals surface area contributed by atoms with Crippen LogP contribution in [-0.4, -0.2) is 30.9 Å². The van der Waals surface area contributed by atoms with Gasteiger partial charge in [-0.2, -0.15) is 0 Å². The predicted molar refractivity (Wildman–Crippen MR) is 75.9 cm³/mol. The average molecular weight is 287 g/mol. The standard InChI is InChI=1S/C13H19ClN2O3/c1-3-4-9(17)8-15-13(18)16-12-7-10(19-2)5-6-11(12)14/h5-7,9,17H,3-4,8H2,1-2H3,(H2,15,16,18). The highest BCUT2D eigenvalue weighted by atomic mass is 35.5. The summed E-state index contributed by atoms with van der Waals surface area (Å²) in [6.07, 6.45) is 0.989. The van der Waals surface area contributed by atoms with E-state index in [0.717, 1.165) is 6.42 Å². The molecule has 0 saturated carbocycles. The first-order valence-electron chi connectivity index (χ1n) is 6.13. The van der Waals surface area contributed by atoms with Gasteiger partial charge < -0.3 is 20.5 Å². The zero-order chi connectivity index (χ0) is 14.3. The van der Waals surface area contributed by atoms with Crippen molar-refractivity contribution in [2.75, 3.05) is 19.0 Å². The van der Waals surface area contributed by atoms with E-state index in [0.29, 0.717) is 22.9 Å². The number of ether oxygens (including phenoxy) is 1. The summed E-state index contributed by atoms with van der Waals surface area (Å²) in [6.45, 7) is 2.18. The number of halogens is 1. The molecule has 2 amide bonds. The van der Waals surface area contributed by atoms with Gasteiger partial charge in [0.25, 0.3) is 0 Å². The van der Waals surface area contributed by atoms with Crippen molar-refractivity contribution in [2.45, 2.75) is 25.9 Å². The number of hydrogen-bond acceptors (Lipinski definition) is 3. The van der Waals surface area contributed by atoms with Crippen molar-refractivity contribution in [3.8, 4) is 5.75 Å². The van der Waals surface area contributed by atoms with Crippen LogP contribution >= 0.6 is 11.6 Å². The van der Waals surface area contributed by atoms with Gasteiger partial charge in [0.2, 0.25) is 0 Å². The third-order valence-electron chi connectivity index (χ3n) is 2.54. The molecule has 0 aliphatic rings. The number of carbonyl (C=O) groups excluding carboxylic acids is 1. The lowest BCUT2D eigenvalue weighted by Crippen LogP contribution is -2.35. The molecule has 0 aliphatic heterocycles. The summed E-state index contributed by atoms with van der Waals surface area (Å²) in [4.78, 5) is 11.6. The molecule has 0 saturated heterocycles. The van der Waals surface area contributed by atoms with Gasteiger partial charge in [0.15, 0.2) is 0 Å². The Kier molecular flexibility index (Phi) is 6.45. The van der Waals surface area contributed by atoms with Crippen LogP contribution in [0.3, 0.4) is 0 Å². The van der Waals surface area contributed by atoms with E-state index in [1.165, 1.54) is 7.11 Å². The van der Waals surface area contributed by atoms with Crippen LogP contribution in [0.2, 0.25) is 5.02 Å². The number of hydrogen-bond donors (Lipinski definition) is 3. The van der Waals surface area contributed by atoms with E-state index in [-0.39, 0.29) is 6.54 Å². The van der Waals surface area contributed by atoms with Crippen molar-refractivity contribution in [1.29, 1.82) is 0 Å². The van der Waals surface area contributed by atoms with Gasteiger partial charge >= 0.3 is 6.03 Å². The van der Waals surface area contributed by atoms with Gasteiger partial charge in [-0.1, -0.05) is 24.9 Å². The minimum Gasteiger partial charge on any atom is -0.497 e. The summed E-state index contributed by atoms with van der Waals surface area (Å²) < 4.78 is 5.05. The SMILES string of the molecule is CCCC(O)CNC(=O)Nc1cc(OC)ccc1Cl. The van der Waals surface area contributed by atoms with Gasteiger partial charge in [-0.05, 0) is 18.6 Å². The third kappa shape index (κ3) is 5.36. The van der Waals surface area contributed by atoms with Gasteiger partial charge in [-0.3, -0.25) is 0 Å². The molecule has 106 valence electrons. The summed E-state index contributed by atoms with van der Waals surface area (Å²) in [7, 11) is 1.54. The molecule has 0 radical (unpaired) electrons. The fourth-order valence-electron chi connectivity index (χ4n) is 1.54. The number of aliphatic hydroxyl groups excluding tert-OH is 1. The quantitative estimate of drug-likeness (QED) is 0.753. The number of nitrogens with one attached hydrogen (secondary N) is 2. The molecule has 1 aromatic carbocycles. The fourth-order valence-corrected chi connectivity index (χ4v) is 1.70. The summed E-state index contributed by atoms with van der Waals surface area (Å²) in [5.41, 5.74) is 0.462. The number of rotatable bonds is 6. The highest BCUT2D eigenvalue weighted by Crippen LogP contribution is 2.26. The fraction of sp³-hybridized carbons (Fsp3) is 0.462. The van der Waals surface area contributed by atoms with Gasteiger partial charge in [-0.25, -0.2) is 4.79 Å². The number of urea groups is 1. The molecule has 1 atom stereocenters. The second kappa shape index (κ2) is 7.86. The van der Waals surface area contributed by atoms with Gasteiger partial charge in [0, 0.05) is 12.6 Å². The molecular weight excluding hydrogens is 268 g/mol. The Bertz CT molecular complexity index is 426. The average Bonchev–Trinajstić information content (AvgIpc) is 2.39. The van der Waals surface area contributed by atoms with Crippen molar-refractivity contribution < 1.29 is 14.6 Å². The molecular formula is C13H19ClN2O3. The summed E-state index contributed by atoms with van der Waals surface area (Å²) in [6, 6.07) is 4.56. The van der Waals surface area contributed by atoms with Crippen molar-refractivity contribution in [2.24, 2.45) is 0 Å². The van der Waals surface area contributed by atoms with E-state index in [9.17, 15) is 9.90 Å². The topological polar surface area (TPSA) is 70.6 Å². The number of anilines is 1. The third-order valence-corrected chi connectivity index (χ3v) is 2.87. The van der Waals surface area contributed by atoms with Crippen LogP contribution in [0.15, 0.2) is 18.2 Å². The van der Waals surface area contributed by atoms with Crippen LogP contribution in [-0.2, 0) is 0 Å². The first kappa shape index (κ1) is 15.6. The molecule has 0 bridgehead atoms. The molecule has 6 heteroatoms. The number of carbonyl (C=O) groups is 1. The van der Waals surface area contributed by atoms with Crippen LogP contribution in [0.1, 0.15) is 19.8 Å². The largest absolute Gasteiger partial charge is 0.497 e. The summed E-state index contributed by atoms with van der Waals surface area (Å²) >= 11 is 5.96. The monoisotopic (exact) mass is 286 g/mol. The minimum atomic E-state index is -0.531. The summed E-state index contributed by atoms with van der Waals surface area (Å²) in [5, 5.41) is 15.1. The van der Waals surface area contributed by atoms with E-state index >= 15 is 0 Å². The van der Waals surface area contributed by atoms with Gasteiger partial charge in [0.05, 0.1) is 23.9 Å². The Balaban J connectivity index is 2.52. The number of amides is 2. The lowest BCUT2D eigenvalue weighted by Gasteiger charge is -2.13. The van der Waals surface area contributed by atoms with E-state index < -0.39 is 12.1 Å². The molecule has 0 fully saturated rings. The second-order valence-corrected chi connectivity index (χ2v) is 4.53. The molecule has 0 spiro atoms. The maximum Gasteiger partial charge on any atom is 0.319 e. The number of aliphatic hydroxyl groups is 1. The zero-order valence-corrected chi connectivity index (χ0v) is 11.8. The first-order valence-corrected chi connectivity index (χ1v) is 6.51. The molecule has 3 N–H and O–H groups in total. The Morgan fingerprint density at radius 1 is 1.53 bits per heavy atom. The molecule has 0 aromatic heterocycles. The van der Waals surface area contributed by atoms with Gasteiger partial charge in [-0.15, -0.1) is 0 Å². The molecule has 0 heterocycles. The van der Waals surface area contributed by atoms with E-state index in [4.69, 9.17) is 16.3 Å². The second-order valence-electron chi connectivity index (χ2n) is 4.12. The van der Waals surface area contributed by atoms with Crippen LogP contribution in [0.4, 0.5) is 10.5 Å². The van der Waals surface area contributed by atoms with Crippen LogP contribution in [0, 0.1) is 0 Å². The molecule has 0 aliphatic carbocycles. The minimum absolute atomic E-state index is 0.210. The maximum absolute atomic E-state index is 11.6. The molecule has 5 nitrogen and oxygen atoms in total. The summed E-state index contributed by atoms with van der Waals surface area (Å²) in [5.74, 6) is 0.603. The van der Waals surface area contributed by atoms with Crippen molar-refractivity contribution >= 4 is 23.3 Å². The van der Waals surface area contributed by atoms with E-state index in [1.54, 1.807) is 18.2 Å². The van der Waals surface area contributed by atoms with E-state index in [2.05, 4.69) is 10.6 Å². The highest BCUT2D eigenvalue weighted by Gasteiger charge is 2.09. The Morgan fingerprint density at radius 2 is 2.26 bits per heavy atom. The molecule has 19 heavy (non-hydrogen) atoms. The Labute approximate surface area is 117 Å². The van der Waals surface area contributed by atoms with Crippen molar-refractivity contribution in [3.63, 3.8) is 0 Å².